The molecule has 1 aliphatic carbocycles. The summed E-state index contributed by atoms with van der Waals surface area (Å²) < 4.78 is 5.23. The Labute approximate surface area is 159 Å². The number of hydrogen-bond donors (Lipinski definition) is 2. The minimum Gasteiger partial charge on any atom is -0.497 e. The second kappa shape index (κ2) is 8.08. The molecule has 0 aliphatic heterocycles. The van der Waals surface area contributed by atoms with Crippen molar-refractivity contribution in [2.45, 2.75) is 31.7 Å². The summed E-state index contributed by atoms with van der Waals surface area (Å²) in [5.41, 5.74) is 1.96. The second-order valence-corrected chi connectivity index (χ2v) is 6.81. The highest BCUT2D eigenvalue weighted by Crippen LogP contribution is 2.26. The van der Waals surface area contributed by atoms with E-state index in [-0.39, 0.29) is 0 Å². The highest BCUT2D eigenvalue weighted by atomic mass is 16.5. The molecule has 4 rings (SSSR count). The third kappa shape index (κ3) is 4.37. The number of ether oxygens (including phenoxy) is 1. The number of methoxy groups -OCH3 is 1. The molecule has 5 heteroatoms. The predicted octanol–water partition coefficient (Wildman–Crippen LogP) is 5.25. The average molecular weight is 360 g/mol. The zero-order valence-electron chi connectivity index (χ0n) is 15.5. The molecule has 1 fully saturated rings. The molecule has 0 radical (unpaired) electrons. The minimum absolute atomic E-state index is 0.498. The van der Waals surface area contributed by atoms with Crippen molar-refractivity contribution in [2.75, 3.05) is 17.7 Å². The molecule has 0 amide bonds. The Morgan fingerprint density at radius 1 is 0.889 bits per heavy atom. The maximum Gasteiger partial charge on any atom is 0.163 e. The zero-order valence-corrected chi connectivity index (χ0v) is 15.5. The van der Waals surface area contributed by atoms with Crippen LogP contribution in [0.1, 0.15) is 25.7 Å². The van der Waals surface area contributed by atoms with E-state index < -0.39 is 0 Å². The lowest BCUT2D eigenvalue weighted by Crippen LogP contribution is -2.16. The Balaban J connectivity index is 1.63. The molecule has 0 saturated heterocycles. The minimum atomic E-state index is 0.498. The van der Waals surface area contributed by atoms with Gasteiger partial charge >= 0.3 is 0 Å². The lowest BCUT2D eigenvalue weighted by molar-refractivity contribution is 0.415. The number of anilines is 3. The molecule has 2 N–H and O–H groups in total. The van der Waals surface area contributed by atoms with E-state index in [0.717, 1.165) is 34.5 Å². The Morgan fingerprint density at radius 2 is 1.59 bits per heavy atom. The summed E-state index contributed by atoms with van der Waals surface area (Å²) in [7, 11) is 1.67. The topological polar surface area (TPSA) is 59.1 Å². The van der Waals surface area contributed by atoms with Crippen molar-refractivity contribution in [1.29, 1.82) is 0 Å². The van der Waals surface area contributed by atoms with Gasteiger partial charge in [0.25, 0.3) is 0 Å². The highest BCUT2D eigenvalue weighted by Gasteiger charge is 2.16. The molecule has 27 heavy (non-hydrogen) atoms. The van der Waals surface area contributed by atoms with Crippen molar-refractivity contribution in [1.82, 2.24) is 9.97 Å². The summed E-state index contributed by atoms with van der Waals surface area (Å²) in [6, 6.07) is 20.4. The average Bonchev–Trinajstić information content (AvgIpc) is 3.22. The van der Waals surface area contributed by atoms with Crippen LogP contribution >= 0.6 is 0 Å². The summed E-state index contributed by atoms with van der Waals surface area (Å²) in [5, 5.41) is 6.97. The molecule has 1 heterocycles. The van der Waals surface area contributed by atoms with E-state index in [1.54, 1.807) is 7.11 Å². The summed E-state index contributed by atoms with van der Waals surface area (Å²) in [5.74, 6) is 3.19. The number of hydrogen-bond acceptors (Lipinski definition) is 5. The molecule has 1 saturated carbocycles. The van der Waals surface area contributed by atoms with Gasteiger partial charge in [-0.15, -0.1) is 0 Å². The van der Waals surface area contributed by atoms with E-state index in [2.05, 4.69) is 10.6 Å². The van der Waals surface area contributed by atoms with Gasteiger partial charge in [-0.25, -0.2) is 9.97 Å². The smallest absolute Gasteiger partial charge is 0.163 e. The quantitative estimate of drug-likeness (QED) is 0.629. The van der Waals surface area contributed by atoms with Gasteiger partial charge in [0.2, 0.25) is 0 Å². The Morgan fingerprint density at radius 3 is 2.30 bits per heavy atom. The molecule has 1 aliphatic rings. The van der Waals surface area contributed by atoms with Crippen LogP contribution in [0.3, 0.4) is 0 Å². The van der Waals surface area contributed by atoms with Crippen LogP contribution in [0.2, 0.25) is 0 Å². The maximum atomic E-state index is 5.23. The van der Waals surface area contributed by atoms with Gasteiger partial charge in [-0.3, -0.25) is 0 Å². The Hall–Kier alpha value is -3.08. The molecule has 3 aromatic rings. The molecule has 0 atom stereocenters. The van der Waals surface area contributed by atoms with Crippen LogP contribution in [-0.2, 0) is 0 Å². The lowest BCUT2D eigenvalue weighted by Gasteiger charge is -2.15. The van der Waals surface area contributed by atoms with Crippen LogP contribution < -0.4 is 15.4 Å². The normalized spacial score (nSPS) is 14.1. The van der Waals surface area contributed by atoms with Gasteiger partial charge in [-0.05, 0) is 37.1 Å². The molecular formula is C22H24N4O. The number of aromatic nitrogens is 2. The fraction of sp³-hybridized carbons (Fsp3) is 0.273. The zero-order chi connectivity index (χ0) is 18.5. The van der Waals surface area contributed by atoms with E-state index in [0.29, 0.717) is 6.04 Å². The SMILES string of the molecule is COc1ccc(Nc2cc(NC3CCCC3)nc(-c3ccccc3)n2)cc1. The van der Waals surface area contributed by atoms with Crippen LogP contribution in [0.5, 0.6) is 5.75 Å². The standard InChI is InChI=1S/C22H24N4O/c1-27-19-13-11-18(12-14-19)24-21-15-20(23-17-9-5-6-10-17)25-22(26-21)16-7-3-2-4-8-16/h2-4,7-8,11-15,17H,5-6,9-10H2,1H3,(H2,23,24,25,26). The third-order valence-electron chi connectivity index (χ3n) is 4.83. The van der Waals surface area contributed by atoms with Gasteiger partial charge in [0.15, 0.2) is 5.82 Å². The van der Waals surface area contributed by atoms with Crippen molar-refractivity contribution in [3.8, 4) is 17.1 Å². The Bertz CT molecular complexity index is 875. The molecule has 0 unspecified atom stereocenters. The monoisotopic (exact) mass is 360 g/mol. The third-order valence-corrected chi connectivity index (χ3v) is 4.83. The summed E-state index contributed by atoms with van der Waals surface area (Å²) in [6.07, 6.45) is 4.97. The molecule has 2 aromatic carbocycles. The largest absolute Gasteiger partial charge is 0.497 e. The first-order valence-electron chi connectivity index (χ1n) is 9.42. The number of nitrogens with one attached hydrogen (secondary N) is 2. The molecular weight excluding hydrogens is 336 g/mol. The van der Waals surface area contributed by atoms with Crippen molar-refractivity contribution < 1.29 is 4.74 Å². The van der Waals surface area contributed by atoms with Gasteiger partial charge in [-0.2, -0.15) is 0 Å². The number of rotatable bonds is 6. The van der Waals surface area contributed by atoms with E-state index in [9.17, 15) is 0 Å². The molecule has 0 spiro atoms. The van der Waals surface area contributed by atoms with E-state index in [1.165, 1.54) is 25.7 Å². The Kier molecular flexibility index (Phi) is 5.19. The van der Waals surface area contributed by atoms with Crippen LogP contribution in [0.25, 0.3) is 11.4 Å². The van der Waals surface area contributed by atoms with Crippen LogP contribution in [0.15, 0.2) is 60.7 Å². The fourth-order valence-electron chi connectivity index (χ4n) is 3.40. The van der Waals surface area contributed by atoms with Crippen LogP contribution in [0, 0.1) is 0 Å². The van der Waals surface area contributed by atoms with Crippen molar-refractivity contribution in [3.63, 3.8) is 0 Å². The first-order chi connectivity index (χ1) is 13.3. The predicted molar refractivity (Wildman–Crippen MR) is 110 cm³/mol. The van der Waals surface area contributed by atoms with Crippen molar-refractivity contribution >= 4 is 17.3 Å². The van der Waals surface area contributed by atoms with Gasteiger partial charge < -0.3 is 15.4 Å². The van der Waals surface area contributed by atoms with Crippen molar-refractivity contribution in [2.24, 2.45) is 0 Å². The first-order valence-corrected chi connectivity index (χ1v) is 9.42. The summed E-state index contributed by atoms with van der Waals surface area (Å²) in [4.78, 5) is 9.48. The van der Waals surface area contributed by atoms with E-state index >= 15 is 0 Å². The molecule has 5 nitrogen and oxygen atoms in total. The second-order valence-electron chi connectivity index (χ2n) is 6.81. The summed E-state index contributed by atoms with van der Waals surface area (Å²) in [6.45, 7) is 0. The maximum absolute atomic E-state index is 5.23. The molecule has 0 bridgehead atoms. The van der Waals surface area contributed by atoms with Crippen LogP contribution in [0.4, 0.5) is 17.3 Å². The van der Waals surface area contributed by atoms with Crippen molar-refractivity contribution in [3.05, 3.63) is 60.7 Å². The fourth-order valence-corrected chi connectivity index (χ4v) is 3.40. The van der Waals surface area contributed by atoms with Gasteiger partial charge in [-0.1, -0.05) is 43.2 Å². The van der Waals surface area contributed by atoms with E-state index in [1.807, 2.05) is 60.7 Å². The first kappa shape index (κ1) is 17.3. The van der Waals surface area contributed by atoms with Crippen LogP contribution in [-0.4, -0.2) is 23.1 Å². The molecule has 1 aromatic heterocycles. The van der Waals surface area contributed by atoms with Gasteiger partial charge in [0.1, 0.15) is 17.4 Å². The summed E-state index contributed by atoms with van der Waals surface area (Å²) >= 11 is 0. The lowest BCUT2D eigenvalue weighted by atomic mass is 10.2. The number of benzene rings is 2. The van der Waals surface area contributed by atoms with Gasteiger partial charge in [0, 0.05) is 23.4 Å². The molecule has 138 valence electrons. The highest BCUT2D eigenvalue weighted by molar-refractivity contribution is 5.65. The number of nitrogens with zero attached hydrogens (tertiary/aromatic N) is 2. The van der Waals surface area contributed by atoms with E-state index in [4.69, 9.17) is 14.7 Å². The van der Waals surface area contributed by atoms with Gasteiger partial charge in [0.05, 0.1) is 7.11 Å².